The van der Waals surface area contributed by atoms with Crippen LogP contribution in [-0.2, 0) is 29.0 Å². The van der Waals surface area contributed by atoms with Gasteiger partial charge in [0, 0.05) is 16.3 Å². The van der Waals surface area contributed by atoms with Crippen molar-refractivity contribution in [3.05, 3.63) is 41.3 Å². The lowest BCUT2D eigenvalue weighted by atomic mass is 9.94. The highest BCUT2D eigenvalue weighted by Crippen LogP contribution is 2.47. The van der Waals surface area contributed by atoms with E-state index in [4.69, 9.17) is 15.8 Å². The van der Waals surface area contributed by atoms with Gasteiger partial charge in [0.05, 0.1) is 24.5 Å². The van der Waals surface area contributed by atoms with Gasteiger partial charge in [0.25, 0.3) is 0 Å². The van der Waals surface area contributed by atoms with E-state index in [1.165, 1.54) is 11.3 Å². The number of amides is 2. The predicted molar refractivity (Wildman–Crippen MR) is 117 cm³/mol. The molecule has 2 aromatic rings. The van der Waals surface area contributed by atoms with Crippen LogP contribution in [0.3, 0.4) is 0 Å². The van der Waals surface area contributed by atoms with Crippen LogP contribution in [0.2, 0.25) is 0 Å². The third-order valence-electron chi connectivity index (χ3n) is 5.29. The van der Waals surface area contributed by atoms with Crippen LogP contribution in [0.4, 0.5) is 5.69 Å². The predicted octanol–water partition coefficient (Wildman–Crippen LogP) is 1.96. The SMILES string of the molecule is NCCON(C=O)c1cccc(-c2ccc([C@@]3(CC(=O)NO)CCCCS3(=O)=O)s2)c1. The molecule has 1 aromatic heterocycles. The molecular formula is C20H25N3O6S2. The van der Waals surface area contributed by atoms with Crippen molar-refractivity contribution < 1.29 is 28.1 Å². The number of nitrogens with two attached hydrogens (primary N) is 1. The van der Waals surface area contributed by atoms with Crippen molar-refractivity contribution in [2.24, 2.45) is 5.73 Å². The Morgan fingerprint density at radius 3 is 2.81 bits per heavy atom. The number of hydroxylamine groups is 2. The highest BCUT2D eigenvalue weighted by molar-refractivity contribution is 7.92. The number of hydrogen-bond donors (Lipinski definition) is 3. The van der Waals surface area contributed by atoms with E-state index in [0.717, 1.165) is 15.5 Å². The van der Waals surface area contributed by atoms with Gasteiger partial charge in [-0.3, -0.25) is 19.6 Å². The monoisotopic (exact) mass is 467 g/mol. The number of benzene rings is 1. The summed E-state index contributed by atoms with van der Waals surface area (Å²) in [6.45, 7) is 0.440. The lowest BCUT2D eigenvalue weighted by Gasteiger charge is -2.35. The van der Waals surface area contributed by atoms with E-state index in [2.05, 4.69) is 0 Å². The van der Waals surface area contributed by atoms with E-state index >= 15 is 0 Å². The Morgan fingerprint density at radius 2 is 2.13 bits per heavy atom. The molecule has 168 valence electrons. The normalized spacial score (nSPS) is 20.2. The molecule has 0 bridgehead atoms. The second kappa shape index (κ2) is 9.88. The molecule has 0 spiro atoms. The molecule has 0 aliphatic carbocycles. The number of hydrogen-bond acceptors (Lipinski definition) is 8. The van der Waals surface area contributed by atoms with Crippen molar-refractivity contribution in [1.29, 1.82) is 0 Å². The molecule has 1 aliphatic rings. The maximum atomic E-state index is 13.1. The smallest absolute Gasteiger partial charge is 0.245 e. The molecule has 1 atom stereocenters. The molecule has 4 N–H and O–H groups in total. The van der Waals surface area contributed by atoms with Crippen molar-refractivity contribution in [2.45, 2.75) is 30.4 Å². The maximum Gasteiger partial charge on any atom is 0.245 e. The van der Waals surface area contributed by atoms with Crippen LogP contribution >= 0.6 is 11.3 Å². The van der Waals surface area contributed by atoms with E-state index in [-0.39, 0.29) is 25.3 Å². The summed E-state index contributed by atoms with van der Waals surface area (Å²) in [6.07, 6.45) is 1.75. The number of anilines is 1. The van der Waals surface area contributed by atoms with Gasteiger partial charge in [0.1, 0.15) is 4.75 Å². The van der Waals surface area contributed by atoms with Gasteiger partial charge in [-0.25, -0.2) is 13.9 Å². The minimum atomic E-state index is -3.60. The molecule has 0 unspecified atom stereocenters. The van der Waals surface area contributed by atoms with Crippen molar-refractivity contribution in [3.8, 4) is 10.4 Å². The first-order valence-electron chi connectivity index (χ1n) is 9.80. The summed E-state index contributed by atoms with van der Waals surface area (Å²) in [5, 5.41) is 10.1. The van der Waals surface area contributed by atoms with Crippen LogP contribution in [0.25, 0.3) is 10.4 Å². The zero-order valence-corrected chi connectivity index (χ0v) is 18.5. The fourth-order valence-electron chi connectivity index (χ4n) is 3.77. The lowest BCUT2D eigenvalue weighted by molar-refractivity contribution is -0.130. The second-order valence-corrected chi connectivity index (χ2v) is 10.8. The zero-order chi connectivity index (χ0) is 22.5. The molecule has 9 nitrogen and oxygen atoms in total. The first-order chi connectivity index (χ1) is 14.9. The van der Waals surface area contributed by atoms with Crippen molar-refractivity contribution in [2.75, 3.05) is 24.0 Å². The number of nitrogens with zero attached hydrogens (tertiary/aromatic N) is 1. The summed E-state index contributed by atoms with van der Waals surface area (Å²) < 4.78 is 24.8. The Bertz CT molecular complexity index is 1040. The topological polar surface area (TPSA) is 139 Å². The number of nitrogens with one attached hydrogen (secondary N) is 1. The third-order valence-corrected chi connectivity index (χ3v) is 9.35. The van der Waals surface area contributed by atoms with Crippen LogP contribution in [0.1, 0.15) is 30.6 Å². The number of carbonyl (C=O) groups is 2. The standard InChI is InChI=1S/C20H25N3O6S2/c21-9-10-29-23(14-24)16-5-3-4-15(12-16)17-6-7-18(30-17)20(13-19(25)22-26)8-1-2-11-31(20,27)28/h3-7,12,14,26H,1-2,8-11,13,21H2,(H,22,25)/t20-/m0/s1. The highest BCUT2D eigenvalue weighted by atomic mass is 32.2. The Morgan fingerprint density at radius 1 is 1.32 bits per heavy atom. The van der Waals surface area contributed by atoms with Crippen LogP contribution in [-0.4, -0.2) is 44.8 Å². The molecule has 0 saturated carbocycles. The van der Waals surface area contributed by atoms with E-state index in [0.29, 0.717) is 36.2 Å². The quantitative estimate of drug-likeness (QED) is 0.291. The van der Waals surface area contributed by atoms with E-state index < -0.39 is 20.5 Å². The molecule has 1 aliphatic heterocycles. The van der Waals surface area contributed by atoms with Crippen LogP contribution in [0.5, 0.6) is 0 Å². The summed E-state index contributed by atoms with van der Waals surface area (Å²) in [6, 6.07) is 10.6. The molecule has 31 heavy (non-hydrogen) atoms. The van der Waals surface area contributed by atoms with E-state index in [1.807, 2.05) is 6.07 Å². The minimum Gasteiger partial charge on any atom is -0.328 e. The summed E-state index contributed by atoms with van der Waals surface area (Å²) in [7, 11) is -3.60. The summed E-state index contributed by atoms with van der Waals surface area (Å²) in [5.41, 5.74) is 8.27. The molecule has 1 aromatic carbocycles. The lowest BCUT2D eigenvalue weighted by Crippen LogP contribution is -2.43. The van der Waals surface area contributed by atoms with Gasteiger partial charge < -0.3 is 5.73 Å². The fourth-order valence-corrected chi connectivity index (χ4v) is 7.54. The van der Waals surface area contributed by atoms with E-state index in [1.54, 1.807) is 35.8 Å². The number of carbonyl (C=O) groups excluding carboxylic acids is 2. The Hall–Kier alpha value is -2.31. The number of rotatable bonds is 9. The van der Waals surface area contributed by atoms with Crippen molar-refractivity contribution in [1.82, 2.24) is 5.48 Å². The molecule has 1 fully saturated rings. The maximum absolute atomic E-state index is 13.1. The van der Waals surface area contributed by atoms with Crippen molar-refractivity contribution in [3.63, 3.8) is 0 Å². The molecular weight excluding hydrogens is 442 g/mol. The Balaban J connectivity index is 1.98. The summed E-state index contributed by atoms with van der Waals surface area (Å²) in [5.74, 6) is -0.734. The molecule has 0 radical (unpaired) electrons. The van der Waals surface area contributed by atoms with Crippen LogP contribution in [0, 0.1) is 0 Å². The minimum absolute atomic E-state index is 0.00119. The Kier molecular flexibility index (Phi) is 7.44. The van der Waals surface area contributed by atoms with Gasteiger partial charge in [-0.15, -0.1) is 11.3 Å². The van der Waals surface area contributed by atoms with Crippen LogP contribution in [0.15, 0.2) is 36.4 Å². The largest absolute Gasteiger partial charge is 0.328 e. The Labute approximate surface area is 184 Å². The van der Waals surface area contributed by atoms with Crippen molar-refractivity contribution >= 4 is 39.2 Å². The second-order valence-electron chi connectivity index (χ2n) is 7.25. The molecule has 11 heteroatoms. The third kappa shape index (κ3) is 4.80. The van der Waals surface area contributed by atoms with E-state index in [9.17, 15) is 18.0 Å². The van der Waals surface area contributed by atoms with Gasteiger partial charge in [-0.05, 0) is 42.7 Å². The van der Waals surface area contributed by atoms with Gasteiger partial charge in [0.2, 0.25) is 12.3 Å². The average molecular weight is 468 g/mol. The molecule has 2 heterocycles. The first-order valence-corrected chi connectivity index (χ1v) is 12.3. The highest BCUT2D eigenvalue weighted by Gasteiger charge is 2.49. The average Bonchev–Trinajstić information content (AvgIpc) is 3.26. The zero-order valence-electron chi connectivity index (χ0n) is 16.8. The van der Waals surface area contributed by atoms with Gasteiger partial charge >= 0.3 is 0 Å². The van der Waals surface area contributed by atoms with Gasteiger partial charge in [0.15, 0.2) is 9.84 Å². The summed E-state index contributed by atoms with van der Waals surface area (Å²) >= 11 is 1.28. The molecule has 2 amide bonds. The molecule has 1 saturated heterocycles. The summed E-state index contributed by atoms with van der Waals surface area (Å²) in [4.78, 5) is 30.0. The fraction of sp³-hybridized carbons (Fsp3) is 0.400. The van der Waals surface area contributed by atoms with Crippen LogP contribution < -0.4 is 16.3 Å². The number of sulfone groups is 1. The molecule has 3 rings (SSSR count). The van der Waals surface area contributed by atoms with Gasteiger partial charge in [-0.2, -0.15) is 5.06 Å². The number of thiophene rings is 1. The first kappa shape index (κ1) is 23.4. The van der Waals surface area contributed by atoms with Gasteiger partial charge in [-0.1, -0.05) is 18.6 Å².